The van der Waals surface area contributed by atoms with Gasteiger partial charge in [-0.3, -0.25) is 4.79 Å². The molecule has 0 bridgehead atoms. The van der Waals surface area contributed by atoms with E-state index < -0.39 is 6.43 Å². The molecule has 238 valence electrons. The van der Waals surface area contributed by atoms with Crippen molar-refractivity contribution in [3.05, 3.63) is 69.8 Å². The maximum absolute atomic E-state index is 13.2. The van der Waals surface area contributed by atoms with Gasteiger partial charge < -0.3 is 5.32 Å². The number of hydrogen-bond donors (Lipinski definition) is 1. The first kappa shape index (κ1) is 41.7. The minimum atomic E-state index is -2.54. The Morgan fingerprint density at radius 2 is 1.69 bits per heavy atom. The van der Waals surface area contributed by atoms with Crippen molar-refractivity contribution in [2.24, 2.45) is 16.1 Å². The lowest BCUT2D eigenvalue weighted by Gasteiger charge is -2.15. The van der Waals surface area contributed by atoms with Gasteiger partial charge in [0.2, 0.25) is 0 Å². The van der Waals surface area contributed by atoms with Crippen molar-refractivity contribution in [3.8, 4) is 0 Å². The molecule has 2 aromatic rings. The minimum Gasteiger partial charge on any atom is -0.313 e. The Hall–Kier alpha value is -2.44. The molecule has 0 aliphatic carbocycles. The number of halogens is 3. The van der Waals surface area contributed by atoms with Crippen LogP contribution in [0.15, 0.2) is 46.6 Å². The Balaban J connectivity index is 0. The Bertz CT molecular complexity index is 1040. The van der Waals surface area contributed by atoms with Gasteiger partial charge in [-0.1, -0.05) is 85.2 Å². The summed E-state index contributed by atoms with van der Waals surface area (Å²) in [6, 6.07) is 11.8. The highest BCUT2D eigenvalue weighted by atomic mass is 35.5. The number of alkyl halides is 3. The maximum Gasteiger partial charge on any atom is 0.264 e. The Labute approximate surface area is 260 Å². The van der Waals surface area contributed by atoms with Crippen molar-refractivity contribution in [2.75, 3.05) is 6.54 Å². The highest BCUT2D eigenvalue weighted by Crippen LogP contribution is 2.28. The zero-order valence-corrected chi connectivity index (χ0v) is 28.5. The van der Waals surface area contributed by atoms with E-state index in [1.165, 1.54) is 17.2 Å². The molecule has 0 amide bonds. The van der Waals surface area contributed by atoms with Gasteiger partial charge >= 0.3 is 0 Å². The zero-order valence-electron chi connectivity index (χ0n) is 27.7. The summed E-state index contributed by atoms with van der Waals surface area (Å²) < 4.78 is 26.4. The number of ketones is 1. The summed E-state index contributed by atoms with van der Waals surface area (Å²) in [5.74, 6) is 0.430. The van der Waals surface area contributed by atoms with Crippen LogP contribution in [0.3, 0.4) is 0 Å². The molecule has 0 saturated heterocycles. The van der Waals surface area contributed by atoms with E-state index >= 15 is 0 Å². The third-order valence-corrected chi connectivity index (χ3v) is 6.30. The largest absolute Gasteiger partial charge is 0.313 e. The van der Waals surface area contributed by atoms with Gasteiger partial charge in [-0.05, 0) is 80.8 Å². The van der Waals surface area contributed by atoms with Crippen LogP contribution >= 0.6 is 11.6 Å². The lowest BCUT2D eigenvalue weighted by Crippen LogP contribution is -2.15. The SMILES string of the molecule is C/C=N\N=C/C(C)C.CC.CCC(Cl)Cc1cccc(C)c1.CCCNCc1cc(C(=O)CC)c(CC)c(C(F)F)c1. The van der Waals surface area contributed by atoms with Gasteiger partial charge in [0.25, 0.3) is 6.43 Å². The van der Waals surface area contributed by atoms with Crippen molar-refractivity contribution in [3.63, 3.8) is 0 Å². The van der Waals surface area contributed by atoms with E-state index in [1.807, 2.05) is 34.6 Å². The van der Waals surface area contributed by atoms with Crippen LogP contribution in [0.25, 0.3) is 0 Å². The molecule has 1 unspecified atom stereocenters. The van der Waals surface area contributed by atoms with Gasteiger partial charge in [-0.15, -0.1) is 11.6 Å². The maximum atomic E-state index is 13.2. The average Bonchev–Trinajstić information content (AvgIpc) is 2.98. The van der Waals surface area contributed by atoms with Crippen LogP contribution in [-0.4, -0.2) is 30.1 Å². The van der Waals surface area contributed by atoms with E-state index in [0.717, 1.165) is 31.4 Å². The van der Waals surface area contributed by atoms with Gasteiger partial charge in [-0.2, -0.15) is 10.2 Å². The van der Waals surface area contributed by atoms with Crippen LogP contribution in [-0.2, 0) is 19.4 Å². The van der Waals surface area contributed by atoms with Crippen LogP contribution in [0.1, 0.15) is 126 Å². The second-order valence-corrected chi connectivity index (χ2v) is 10.5. The molecule has 4 nitrogen and oxygen atoms in total. The molecule has 1 atom stereocenters. The number of nitrogens with one attached hydrogen (secondary N) is 1. The van der Waals surface area contributed by atoms with E-state index in [9.17, 15) is 13.6 Å². The third-order valence-electron chi connectivity index (χ3n) is 5.84. The van der Waals surface area contributed by atoms with E-state index in [-0.39, 0.29) is 16.7 Å². The first-order chi connectivity index (χ1) is 20.0. The van der Waals surface area contributed by atoms with Crippen molar-refractivity contribution in [1.82, 2.24) is 5.32 Å². The number of benzene rings is 2. The van der Waals surface area contributed by atoms with E-state index in [2.05, 4.69) is 67.5 Å². The Morgan fingerprint density at radius 3 is 2.17 bits per heavy atom. The summed E-state index contributed by atoms with van der Waals surface area (Å²) in [7, 11) is 0. The lowest BCUT2D eigenvalue weighted by atomic mass is 9.92. The number of aryl methyl sites for hydroxylation is 1. The highest BCUT2D eigenvalue weighted by Gasteiger charge is 2.19. The molecule has 0 spiro atoms. The predicted octanol–water partition coefficient (Wildman–Crippen LogP) is 10.6. The molecule has 0 aliphatic heterocycles. The first-order valence-corrected chi connectivity index (χ1v) is 15.9. The number of Topliss-reactive ketones (excluding diaryl/α,β-unsaturated/α-hetero) is 1. The van der Waals surface area contributed by atoms with Crippen LogP contribution < -0.4 is 5.32 Å². The molecule has 0 aromatic heterocycles. The first-order valence-electron chi connectivity index (χ1n) is 15.4. The molecule has 0 radical (unpaired) electrons. The summed E-state index contributed by atoms with van der Waals surface area (Å²) in [5, 5.41) is 10.9. The average molecular weight is 608 g/mol. The van der Waals surface area contributed by atoms with Gasteiger partial charge in [0.1, 0.15) is 0 Å². The lowest BCUT2D eigenvalue weighted by molar-refractivity contribution is 0.0986. The van der Waals surface area contributed by atoms with Crippen LogP contribution in [0, 0.1) is 12.8 Å². The number of carbonyl (C=O) groups is 1. The summed E-state index contributed by atoms with van der Waals surface area (Å²) in [6.07, 6.45) is 4.72. The second-order valence-electron chi connectivity index (χ2n) is 9.90. The third kappa shape index (κ3) is 18.9. The molecule has 7 heteroatoms. The number of nitrogens with zero attached hydrogens (tertiary/aromatic N) is 2. The molecule has 0 fully saturated rings. The number of carbonyl (C=O) groups excluding carboxylic acids is 1. The van der Waals surface area contributed by atoms with Crippen LogP contribution in [0.2, 0.25) is 0 Å². The zero-order chi connectivity index (χ0) is 32.5. The van der Waals surface area contributed by atoms with Crippen molar-refractivity contribution < 1.29 is 13.6 Å². The van der Waals surface area contributed by atoms with E-state index in [1.54, 1.807) is 25.4 Å². The van der Waals surface area contributed by atoms with Gasteiger partial charge in [0, 0.05) is 41.9 Å². The van der Waals surface area contributed by atoms with Crippen molar-refractivity contribution in [1.29, 1.82) is 0 Å². The van der Waals surface area contributed by atoms with Crippen molar-refractivity contribution in [2.45, 2.75) is 120 Å². The molecular weight excluding hydrogens is 552 g/mol. The standard InChI is InChI=1S/C16H23F2NO.C11H15Cl.C6H12N2.C2H6/c1-4-7-19-10-11-8-13(15(20)6-3)12(5-2)14(9-11)16(17)18;1-3-11(12)8-10-6-4-5-9(2)7-10;1-4-7-8-5-6(2)3;1-2/h8-9,16,19H,4-7,10H2,1-3H3;4-7,11H,3,8H2,1-2H3;4-6H,1-3H3;1-2H3/b;;7-4-,8-5-;. The fourth-order valence-electron chi connectivity index (χ4n) is 3.77. The monoisotopic (exact) mass is 607 g/mol. The molecule has 0 aliphatic rings. The number of hydrogen-bond acceptors (Lipinski definition) is 4. The summed E-state index contributed by atoms with van der Waals surface area (Å²) in [5.41, 5.74) is 4.36. The number of rotatable bonds is 13. The summed E-state index contributed by atoms with van der Waals surface area (Å²) >= 11 is 6.05. The van der Waals surface area contributed by atoms with Gasteiger partial charge in [0.05, 0.1) is 0 Å². The topological polar surface area (TPSA) is 53.8 Å². The molecule has 0 heterocycles. The van der Waals surface area contributed by atoms with Gasteiger partial charge in [-0.25, -0.2) is 8.78 Å². The molecule has 2 aromatic carbocycles. The predicted molar refractivity (Wildman–Crippen MR) is 181 cm³/mol. The highest BCUT2D eigenvalue weighted by molar-refractivity contribution is 6.20. The molecular formula is C35H56ClF2N3O. The summed E-state index contributed by atoms with van der Waals surface area (Å²) in [6.45, 7) is 21.2. The second kappa shape index (κ2) is 26.2. The van der Waals surface area contributed by atoms with E-state index in [4.69, 9.17) is 11.6 Å². The fraction of sp³-hybridized carbons (Fsp3) is 0.571. The fourth-order valence-corrected chi connectivity index (χ4v) is 3.95. The molecule has 0 saturated carbocycles. The normalized spacial score (nSPS) is 11.5. The molecule has 42 heavy (non-hydrogen) atoms. The quantitative estimate of drug-likeness (QED) is 0.0809. The van der Waals surface area contributed by atoms with Crippen molar-refractivity contribution >= 4 is 29.8 Å². The van der Waals surface area contributed by atoms with Gasteiger partial charge in [0.15, 0.2) is 5.78 Å². The molecule has 2 rings (SSSR count). The summed E-state index contributed by atoms with van der Waals surface area (Å²) in [4.78, 5) is 12.0. The molecule has 1 N–H and O–H groups in total. The van der Waals surface area contributed by atoms with Crippen LogP contribution in [0.5, 0.6) is 0 Å². The van der Waals surface area contributed by atoms with Crippen LogP contribution in [0.4, 0.5) is 8.78 Å². The smallest absolute Gasteiger partial charge is 0.264 e. The van der Waals surface area contributed by atoms with E-state index in [0.29, 0.717) is 36.4 Å². The Morgan fingerprint density at radius 1 is 1.02 bits per heavy atom. The Kier molecular flexibility index (Phi) is 26.0. The minimum absolute atomic E-state index is 0.0000912.